The number of carbonyl (C=O) groups excluding carboxylic acids is 2. The lowest BCUT2D eigenvalue weighted by atomic mass is 9.79. The molecule has 1 aliphatic rings. The minimum absolute atomic E-state index is 0.178. The van der Waals surface area contributed by atoms with E-state index < -0.39 is 0 Å². The van der Waals surface area contributed by atoms with Crippen LogP contribution >= 0.6 is 11.3 Å². The van der Waals surface area contributed by atoms with Gasteiger partial charge in [0.05, 0.1) is 17.2 Å². The van der Waals surface area contributed by atoms with Crippen LogP contribution in [0.5, 0.6) is 0 Å². The van der Waals surface area contributed by atoms with Crippen molar-refractivity contribution in [3.8, 4) is 0 Å². The summed E-state index contributed by atoms with van der Waals surface area (Å²) >= 11 is 1.51. The van der Waals surface area contributed by atoms with Gasteiger partial charge >= 0.3 is 0 Å². The van der Waals surface area contributed by atoms with Gasteiger partial charge in [0, 0.05) is 36.7 Å². The van der Waals surface area contributed by atoms with Crippen molar-refractivity contribution in [3.05, 3.63) is 81.8 Å². The highest BCUT2D eigenvalue weighted by atomic mass is 32.1. The van der Waals surface area contributed by atoms with Gasteiger partial charge in [0.2, 0.25) is 5.91 Å². The molecule has 3 aromatic rings. The lowest BCUT2D eigenvalue weighted by Gasteiger charge is -2.38. The van der Waals surface area contributed by atoms with Crippen LogP contribution in [0.15, 0.2) is 60.0 Å². The summed E-state index contributed by atoms with van der Waals surface area (Å²) in [6, 6.07) is 16.7. The summed E-state index contributed by atoms with van der Waals surface area (Å²) in [4.78, 5) is 30.8. The van der Waals surface area contributed by atoms with E-state index in [0.717, 1.165) is 23.3 Å². The molecule has 1 atom stereocenters. The number of carbonyl (C=O) groups is 2. The third-order valence-electron chi connectivity index (χ3n) is 7.16. The average molecular weight is 508 g/mol. The molecule has 2 heterocycles. The Kier molecular flexibility index (Phi) is 8.41. The third-order valence-corrected chi connectivity index (χ3v) is 8.01. The molecule has 0 saturated carbocycles. The van der Waals surface area contributed by atoms with Crippen LogP contribution < -0.4 is 10.2 Å². The van der Waals surface area contributed by atoms with Crippen LogP contribution in [0.25, 0.3) is 0 Å². The van der Waals surface area contributed by atoms with E-state index in [9.17, 15) is 9.59 Å². The summed E-state index contributed by atoms with van der Waals surface area (Å²) in [6.45, 7) is 8.66. The Morgan fingerprint density at radius 2 is 1.78 bits per heavy atom. The second kappa shape index (κ2) is 11.7. The lowest BCUT2D eigenvalue weighted by Crippen LogP contribution is -2.42. The minimum atomic E-state index is -0.355. The van der Waals surface area contributed by atoms with Gasteiger partial charge in [0.15, 0.2) is 0 Å². The molecule has 1 saturated heterocycles. The Morgan fingerprint density at radius 1 is 1.08 bits per heavy atom. The van der Waals surface area contributed by atoms with Gasteiger partial charge < -0.3 is 15.1 Å². The predicted molar refractivity (Wildman–Crippen MR) is 145 cm³/mol. The Labute approximate surface area is 216 Å². The minimum Gasteiger partial charge on any atom is -0.369 e. The molecule has 7 heteroatoms. The van der Waals surface area contributed by atoms with Gasteiger partial charge in [-0.15, -0.1) is 11.3 Å². The fourth-order valence-corrected chi connectivity index (χ4v) is 5.84. The van der Waals surface area contributed by atoms with E-state index in [2.05, 4.69) is 5.32 Å². The van der Waals surface area contributed by atoms with Crippen LogP contribution in [-0.2, 0) is 4.79 Å². The molecule has 0 spiro atoms. The van der Waals surface area contributed by atoms with Crippen molar-refractivity contribution in [1.82, 2.24) is 4.90 Å². The van der Waals surface area contributed by atoms with Crippen molar-refractivity contribution in [3.63, 3.8) is 0 Å². The zero-order chi connectivity index (χ0) is 25.7. The molecule has 0 aliphatic carbocycles. The molecule has 2 amide bonds. The lowest BCUT2D eigenvalue weighted by molar-refractivity contribution is -0.134. The first kappa shape index (κ1) is 25.9. The Hall–Kier alpha value is -3.19. The Balaban J connectivity index is 1.45. The molecule has 4 rings (SSSR count). The number of likely N-dealkylation sites (N-methyl/N-ethyl adjacent to an activating group) is 1. The van der Waals surface area contributed by atoms with Crippen molar-refractivity contribution in [2.24, 2.45) is 5.92 Å². The number of amides is 2. The summed E-state index contributed by atoms with van der Waals surface area (Å²) in [5, 5.41) is 4.67. The van der Waals surface area contributed by atoms with Crippen molar-refractivity contribution in [2.75, 3.05) is 36.4 Å². The number of benzene rings is 2. The first-order valence-corrected chi connectivity index (χ1v) is 13.5. The Morgan fingerprint density at radius 3 is 2.36 bits per heavy atom. The van der Waals surface area contributed by atoms with Crippen molar-refractivity contribution in [1.29, 1.82) is 0 Å². The van der Waals surface area contributed by atoms with Crippen molar-refractivity contribution < 1.29 is 14.0 Å². The normalized spacial score (nSPS) is 14.9. The number of rotatable bonds is 8. The molecule has 1 aromatic heterocycles. The maximum atomic E-state index is 15.1. The highest BCUT2D eigenvalue weighted by Gasteiger charge is 2.35. The van der Waals surface area contributed by atoms with E-state index in [-0.39, 0.29) is 29.5 Å². The molecule has 36 heavy (non-hydrogen) atoms. The molecule has 0 radical (unpaired) electrons. The molecule has 1 aliphatic heterocycles. The van der Waals surface area contributed by atoms with Gasteiger partial charge in [-0.25, -0.2) is 4.39 Å². The number of nitrogens with one attached hydrogen (secondary N) is 1. The number of aryl methyl sites for hydroxylation is 1. The number of anilines is 2. The van der Waals surface area contributed by atoms with Gasteiger partial charge in [-0.1, -0.05) is 30.3 Å². The number of thiophene rings is 1. The van der Waals surface area contributed by atoms with E-state index in [1.54, 1.807) is 18.2 Å². The summed E-state index contributed by atoms with van der Waals surface area (Å²) in [5.74, 6) is -0.390. The van der Waals surface area contributed by atoms with Gasteiger partial charge in [0.1, 0.15) is 5.82 Å². The van der Waals surface area contributed by atoms with E-state index in [0.29, 0.717) is 43.1 Å². The van der Waals surface area contributed by atoms with Crippen molar-refractivity contribution >= 4 is 34.5 Å². The van der Waals surface area contributed by atoms with Crippen LogP contribution in [0.3, 0.4) is 0 Å². The molecule has 0 bridgehead atoms. The van der Waals surface area contributed by atoms with Crippen LogP contribution in [-0.4, -0.2) is 42.9 Å². The van der Waals surface area contributed by atoms with Gasteiger partial charge in [-0.2, -0.15) is 0 Å². The second-order valence-electron chi connectivity index (χ2n) is 9.23. The second-order valence-corrected chi connectivity index (χ2v) is 10.4. The molecule has 1 fully saturated rings. The number of nitrogens with zero attached hydrogens (tertiary/aromatic N) is 2. The summed E-state index contributed by atoms with van der Waals surface area (Å²) < 4.78 is 15.1. The summed E-state index contributed by atoms with van der Waals surface area (Å²) in [5.41, 5.74) is 2.64. The highest BCUT2D eigenvalue weighted by Crippen LogP contribution is 2.36. The molecule has 1 unspecified atom stereocenters. The maximum Gasteiger partial charge on any atom is 0.256 e. The summed E-state index contributed by atoms with van der Waals surface area (Å²) in [7, 11) is 0. The predicted octanol–water partition coefficient (Wildman–Crippen LogP) is 6.32. The van der Waals surface area contributed by atoms with E-state index in [1.165, 1.54) is 17.4 Å². The van der Waals surface area contributed by atoms with Crippen LogP contribution in [0, 0.1) is 18.7 Å². The molecule has 190 valence electrons. The zero-order valence-electron chi connectivity index (χ0n) is 21.2. The third kappa shape index (κ3) is 5.62. The molecular weight excluding hydrogens is 473 g/mol. The van der Waals surface area contributed by atoms with Crippen molar-refractivity contribution in [2.45, 2.75) is 39.5 Å². The van der Waals surface area contributed by atoms with Gasteiger partial charge in [-0.3, -0.25) is 9.59 Å². The number of piperidine rings is 1. The standard InChI is InChI=1S/C29H34FN3O2S/c1-4-32(5-2)29(35)27(21-9-7-6-8-10-21)22-13-16-33(17-14-22)26-12-11-23(19-25(26)30)31-28(34)24-15-18-36-20(24)3/h6-12,15,18-19,22,27H,4-5,13-14,16-17H2,1-3H3,(H,31,34). The summed E-state index contributed by atoms with van der Waals surface area (Å²) in [6.07, 6.45) is 1.61. The quantitative estimate of drug-likeness (QED) is 0.388. The topological polar surface area (TPSA) is 52.7 Å². The van der Waals surface area contributed by atoms with E-state index in [4.69, 9.17) is 0 Å². The maximum absolute atomic E-state index is 15.1. The number of hydrogen-bond acceptors (Lipinski definition) is 4. The molecule has 1 N–H and O–H groups in total. The van der Waals surface area contributed by atoms with Gasteiger partial charge in [-0.05, 0) is 74.7 Å². The first-order chi connectivity index (χ1) is 17.4. The number of halogens is 1. The first-order valence-electron chi connectivity index (χ1n) is 12.7. The fraction of sp³-hybridized carbons (Fsp3) is 0.379. The highest BCUT2D eigenvalue weighted by molar-refractivity contribution is 7.10. The Bertz CT molecular complexity index is 1180. The van der Waals surface area contributed by atoms with Crippen LogP contribution in [0.4, 0.5) is 15.8 Å². The van der Waals surface area contributed by atoms with E-state index >= 15 is 4.39 Å². The van der Waals surface area contributed by atoms with E-state index in [1.807, 2.05) is 66.3 Å². The smallest absolute Gasteiger partial charge is 0.256 e. The molecular formula is C29H34FN3O2S. The molecule has 2 aromatic carbocycles. The fourth-order valence-electron chi connectivity index (χ4n) is 5.14. The monoisotopic (exact) mass is 507 g/mol. The van der Waals surface area contributed by atoms with Gasteiger partial charge in [0.25, 0.3) is 5.91 Å². The average Bonchev–Trinajstić information content (AvgIpc) is 3.32. The molecule has 5 nitrogen and oxygen atoms in total. The largest absolute Gasteiger partial charge is 0.369 e. The van der Waals surface area contributed by atoms with Crippen LogP contribution in [0.1, 0.15) is 53.4 Å². The van der Waals surface area contributed by atoms with Crippen LogP contribution in [0.2, 0.25) is 0 Å². The number of hydrogen-bond donors (Lipinski definition) is 1. The SMILES string of the molecule is CCN(CC)C(=O)C(c1ccccc1)C1CCN(c2ccc(NC(=O)c3ccsc3C)cc2F)CC1. The zero-order valence-corrected chi connectivity index (χ0v) is 22.0.